The lowest BCUT2D eigenvalue weighted by molar-refractivity contribution is -0.136. The van der Waals surface area contributed by atoms with E-state index >= 15 is 0 Å². The minimum absolute atomic E-state index is 0.0292. The maximum Gasteiger partial charge on any atom is 0.249 e. The largest absolute Gasteiger partial charge is 0.365 e. The molecular weight excluding hydrogens is 216 g/mol. The predicted molar refractivity (Wildman–Crippen MR) is 69.0 cm³/mol. The fraction of sp³-hybridized carbons (Fsp3) is 0.923. The van der Waals surface area contributed by atoms with Crippen LogP contribution in [0.15, 0.2) is 0 Å². The second-order valence-corrected chi connectivity index (χ2v) is 4.87. The summed E-state index contributed by atoms with van der Waals surface area (Å²) in [6, 6.07) is 0.294. The summed E-state index contributed by atoms with van der Waals surface area (Å²) in [6.45, 7) is 4.69. The van der Waals surface area contributed by atoms with Crippen LogP contribution in [0.3, 0.4) is 0 Å². The van der Waals surface area contributed by atoms with Crippen molar-refractivity contribution in [3.63, 3.8) is 0 Å². The molecule has 0 aromatic carbocycles. The van der Waals surface area contributed by atoms with Crippen molar-refractivity contribution in [1.29, 1.82) is 0 Å². The quantitative estimate of drug-likeness (QED) is 0.710. The highest BCUT2D eigenvalue weighted by Crippen LogP contribution is 2.22. The molecular formula is C13H26N2O2. The van der Waals surface area contributed by atoms with E-state index in [4.69, 9.17) is 4.74 Å². The zero-order valence-electron chi connectivity index (χ0n) is 11.3. The Morgan fingerprint density at radius 1 is 1.41 bits per heavy atom. The van der Waals surface area contributed by atoms with Gasteiger partial charge in [-0.3, -0.25) is 4.79 Å². The zero-order valence-corrected chi connectivity index (χ0v) is 11.3. The van der Waals surface area contributed by atoms with Crippen molar-refractivity contribution in [2.75, 3.05) is 13.6 Å². The molecule has 1 aliphatic carbocycles. The third kappa shape index (κ3) is 5.04. The maximum atomic E-state index is 11.9. The van der Waals surface area contributed by atoms with Gasteiger partial charge in [0.1, 0.15) is 6.10 Å². The summed E-state index contributed by atoms with van der Waals surface area (Å²) >= 11 is 0. The highest BCUT2D eigenvalue weighted by atomic mass is 16.5. The molecule has 2 atom stereocenters. The van der Waals surface area contributed by atoms with Crippen molar-refractivity contribution >= 4 is 5.91 Å². The number of carbonyl (C=O) groups excluding carboxylic acids is 1. The van der Waals surface area contributed by atoms with E-state index in [1.54, 1.807) is 0 Å². The second-order valence-electron chi connectivity index (χ2n) is 4.87. The number of ether oxygens (including phenoxy) is 1. The lowest BCUT2D eigenvalue weighted by Crippen LogP contribution is -2.43. The zero-order chi connectivity index (χ0) is 12.7. The lowest BCUT2D eigenvalue weighted by Gasteiger charge is -2.21. The number of likely N-dealkylation sites (N-methyl/N-ethyl adjacent to an activating group) is 1. The van der Waals surface area contributed by atoms with Gasteiger partial charge in [0.25, 0.3) is 0 Å². The molecule has 100 valence electrons. The van der Waals surface area contributed by atoms with E-state index in [1.807, 2.05) is 20.9 Å². The fourth-order valence-corrected chi connectivity index (χ4v) is 2.07. The molecule has 2 unspecified atom stereocenters. The van der Waals surface area contributed by atoms with Gasteiger partial charge < -0.3 is 15.4 Å². The Morgan fingerprint density at radius 3 is 2.59 bits per heavy atom. The summed E-state index contributed by atoms with van der Waals surface area (Å²) in [5.41, 5.74) is 0. The van der Waals surface area contributed by atoms with E-state index in [1.165, 1.54) is 12.8 Å². The Kier molecular flexibility index (Phi) is 6.52. The Balaban J connectivity index is 2.29. The van der Waals surface area contributed by atoms with Crippen LogP contribution in [-0.4, -0.2) is 37.7 Å². The van der Waals surface area contributed by atoms with Gasteiger partial charge in [-0.15, -0.1) is 0 Å². The molecule has 1 amide bonds. The SMILES string of the molecule is CCC(OC1CCCC1)C(=O)NCC(C)NC. The molecule has 2 N–H and O–H groups in total. The molecule has 1 saturated carbocycles. The monoisotopic (exact) mass is 242 g/mol. The number of carbonyl (C=O) groups is 1. The molecule has 1 rings (SSSR count). The molecule has 0 saturated heterocycles. The molecule has 17 heavy (non-hydrogen) atoms. The number of hydrogen-bond acceptors (Lipinski definition) is 3. The van der Waals surface area contributed by atoms with Gasteiger partial charge in [-0.2, -0.15) is 0 Å². The van der Waals surface area contributed by atoms with Gasteiger partial charge in [0.15, 0.2) is 0 Å². The first-order chi connectivity index (χ1) is 8.17. The van der Waals surface area contributed by atoms with Crippen LogP contribution in [0.4, 0.5) is 0 Å². The van der Waals surface area contributed by atoms with Crippen LogP contribution in [0, 0.1) is 0 Å². The molecule has 0 aromatic heterocycles. The number of hydrogen-bond donors (Lipinski definition) is 2. The summed E-state index contributed by atoms with van der Waals surface area (Å²) in [5.74, 6) is 0.0292. The average molecular weight is 242 g/mol. The van der Waals surface area contributed by atoms with E-state index in [2.05, 4.69) is 10.6 Å². The van der Waals surface area contributed by atoms with Gasteiger partial charge in [-0.25, -0.2) is 0 Å². The Bertz CT molecular complexity index is 227. The van der Waals surface area contributed by atoms with Crippen LogP contribution in [-0.2, 0) is 9.53 Å². The Labute approximate surface area is 104 Å². The van der Waals surface area contributed by atoms with E-state index in [0.717, 1.165) is 19.3 Å². The number of nitrogens with one attached hydrogen (secondary N) is 2. The van der Waals surface area contributed by atoms with Crippen molar-refractivity contribution in [2.24, 2.45) is 0 Å². The van der Waals surface area contributed by atoms with E-state index < -0.39 is 0 Å². The molecule has 0 heterocycles. The summed E-state index contributed by atoms with van der Waals surface area (Å²) in [6.07, 6.45) is 5.46. The van der Waals surface area contributed by atoms with Gasteiger partial charge in [0.2, 0.25) is 5.91 Å². The van der Waals surface area contributed by atoms with Gasteiger partial charge >= 0.3 is 0 Å². The average Bonchev–Trinajstić information content (AvgIpc) is 2.85. The normalized spacial score (nSPS) is 20.2. The molecule has 0 spiro atoms. The molecule has 0 radical (unpaired) electrons. The number of rotatable bonds is 7. The molecule has 0 aromatic rings. The summed E-state index contributed by atoms with van der Waals surface area (Å²) in [7, 11) is 1.89. The lowest BCUT2D eigenvalue weighted by atomic mass is 10.2. The van der Waals surface area contributed by atoms with Crippen LogP contribution in [0.25, 0.3) is 0 Å². The minimum Gasteiger partial charge on any atom is -0.365 e. The third-order valence-electron chi connectivity index (χ3n) is 3.40. The Hall–Kier alpha value is -0.610. The summed E-state index contributed by atoms with van der Waals surface area (Å²) in [4.78, 5) is 11.9. The van der Waals surface area contributed by atoms with Crippen molar-refractivity contribution in [3.8, 4) is 0 Å². The molecule has 1 fully saturated rings. The van der Waals surface area contributed by atoms with Crippen molar-refractivity contribution in [1.82, 2.24) is 10.6 Å². The van der Waals surface area contributed by atoms with E-state index in [9.17, 15) is 4.79 Å². The predicted octanol–water partition coefficient (Wildman–Crippen LogP) is 1.45. The van der Waals surface area contributed by atoms with Gasteiger partial charge in [-0.1, -0.05) is 19.8 Å². The first kappa shape index (κ1) is 14.5. The van der Waals surface area contributed by atoms with E-state index in [-0.39, 0.29) is 12.0 Å². The van der Waals surface area contributed by atoms with Gasteiger partial charge in [-0.05, 0) is 33.2 Å². The van der Waals surface area contributed by atoms with Crippen LogP contribution >= 0.6 is 0 Å². The van der Waals surface area contributed by atoms with Crippen molar-refractivity contribution in [3.05, 3.63) is 0 Å². The van der Waals surface area contributed by atoms with E-state index in [0.29, 0.717) is 18.7 Å². The van der Waals surface area contributed by atoms with Crippen molar-refractivity contribution in [2.45, 2.75) is 64.2 Å². The van der Waals surface area contributed by atoms with Crippen LogP contribution in [0.5, 0.6) is 0 Å². The van der Waals surface area contributed by atoms with Crippen LogP contribution in [0.2, 0.25) is 0 Å². The third-order valence-corrected chi connectivity index (χ3v) is 3.40. The molecule has 0 bridgehead atoms. The summed E-state index contributed by atoms with van der Waals surface area (Å²) in [5, 5.41) is 6.03. The number of amides is 1. The molecule has 1 aliphatic rings. The first-order valence-electron chi connectivity index (χ1n) is 6.77. The first-order valence-corrected chi connectivity index (χ1v) is 6.77. The molecule has 4 nitrogen and oxygen atoms in total. The van der Waals surface area contributed by atoms with Crippen LogP contribution in [0.1, 0.15) is 46.0 Å². The fourth-order valence-electron chi connectivity index (χ4n) is 2.07. The standard InChI is InChI=1S/C13H26N2O2/c1-4-12(17-11-7-5-6-8-11)13(16)15-9-10(2)14-3/h10-12,14H,4-9H2,1-3H3,(H,15,16). The summed E-state index contributed by atoms with van der Waals surface area (Å²) < 4.78 is 5.86. The molecule has 4 heteroatoms. The van der Waals surface area contributed by atoms with Crippen molar-refractivity contribution < 1.29 is 9.53 Å². The highest BCUT2D eigenvalue weighted by Gasteiger charge is 2.24. The van der Waals surface area contributed by atoms with Gasteiger partial charge in [0, 0.05) is 12.6 Å². The smallest absolute Gasteiger partial charge is 0.249 e. The molecule has 0 aliphatic heterocycles. The van der Waals surface area contributed by atoms with Gasteiger partial charge in [0.05, 0.1) is 6.10 Å². The van der Waals surface area contributed by atoms with Crippen LogP contribution < -0.4 is 10.6 Å². The Morgan fingerprint density at radius 2 is 2.06 bits per heavy atom. The minimum atomic E-state index is -0.276. The second kappa shape index (κ2) is 7.67. The highest BCUT2D eigenvalue weighted by molar-refractivity contribution is 5.80. The maximum absolute atomic E-state index is 11.9. The topological polar surface area (TPSA) is 50.4 Å².